The van der Waals surface area contributed by atoms with Crippen LogP contribution in [0.15, 0.2) is 29.2 Å². The summed E-state index contributed by atoms with van der Waals surface area (Å²) in [4.78, 5) is 10.6. The lowest BCUT2D eigenvalue weighted by molar-refractivity contribution is -0.868. The molecule has 0 amide bonds. The number of aliphatic hydroxyl groups excluding tert-OH is 1. The summed E-state index contributed by atoms with van der Waals surface area (Å²) in [5.41, 5.74) is 0.985. The van der Waals surface area contributed by atoms with E-state index in [-0.39, 0.29) is 29.7 Å². The first-order valence-corrected chi connectivity index (χ1v) is 7.35. The summed E-state index contributed by atoms with van der Waals surface area (Å²) in [7, 11) is 6.40. The van der Waals surface area contributed by atoms with Crippen molar-refractivity contribution in [2.75, 3.05) is 45.3 Å². The van der Waals surface area contributed by atoms with E-state index in [1.165, 1.54) is 11.8 Å². The predicted octanol–water partition coefficient (Wildman–Crippen LogP) is -1.50. The topological polar surface area (TPSA) is 75.4 Å². The highest BCUT2D eigenvalue weighted by Gasteiger charge is 2.15. The number of benzene rings is 1. The number of nitro groups is 1. The van der Waals surface area contributed by atoms with Crippen LogP contribution in [0.1, 0.15) is 0 Å². The SMILES string of the molecule is C[N+](C)(C)CCNc1cccc(SCC(O)[N+](=O)[O-])c1.[I-]. The van der Waals surface area contributed by atoms with Crippen LogP contribution in [0.25, 0.3) is 0 Å². The summed E-state index contributed by atoms with van der Waals surface area (Å²) in [5, 5.41) is 22.8. The van der Waals surface area contributed by atoms with E-state index in [9.17, 15) is 10.1 Å². The molecule has 6 nitrogen and oxygen atoms in total. The molecule has 0 saturated carbocycles. The van der Waals surface area contributed by atoms with Crippen molar-refractivity contribution in [2.45, 2.75) is 11.1 Å². The number of likely N-dealkylation sites (N-methyl/N-ethyl adjacent to an activating group) is 1. The summed E-state index contributed by atoms with van der Waals surface area (Å²) in [6.07, 6.45) is -1.52. The normalized spacial score (nSPS) is 12.4. The van der Waals surface area contributed by atoms with E-state index in [1.54, 1.807) is 0 Å². The molecule has 0 aliphatic rings. The molecule has 120 valence electrons. The van der Waals surface area contributed by atoms with Crippen molar-refractivity contribution in [1.82, 2.24) is 0 Å². The standard InChI is InChI=1S/C13H22N3O3S.HI/c1-16(2,3)8-7-14-11-5-4-6-12(9-11)20-10-13(17)15(18)19;/h4-6,9,13-14,17H,7-8,10H2,1-3H3;1H/q+1;/p-1. The average molecular weight is 427 g/mol. The molecule has 0 spiro atoms. The second-order valence-corrected chi connectivity index (χ2v) is 6.64. The molecule has 1 rings (SSSR count). The zero-order chi connectivity index (χ0) is 15.2. The molecular formula is C13H22IN3O3S. The number of aliphatic hydroxyl groups is 1. The van der Waals surface area contributed by atoms with Crippen molar-refractivity contribution < 1.29 is 38.5 Å². The molecule has 21 heavy (non-hydrogen) atoms. The van der Waals surface area contributed by atoms with Gasteiger partial charge >= 0.3 is 6.23 Å². The summed E-state index contributed by atoms with van der Waals surface area (Å²) >= 11 is 1.27. The lowest BCUT2D eigenvalue weighted by Gasteiger charge is -2.24. The molecule has 1 aromatic carbocycles. The molecule has 8 heteroatoms. The summed E-state index contributed by atoms with van der Waals surface area (Å²) < 4.78 is 0.885. The Hall–Kier alpha value is -0.580. The zero-order valence-corrected chi connectivity index (χ0v) is 15.4. The third-order valence-electron chi connectivity index (χ3n) is 2.59. The van der Waals surface area contributed by atoms with E-state index in [4.69, 9.17) is 5.11 Å². The van der Waals surface area contributed by atoms with Crippen molar-refractivity contribution in [3.63, 3.8) is 0 Å². The Morgan fingerprint density at radius 1 is 1.43 bits per heavy atom. The quantitative estimate of drug-likeness (QED) is 0.132. The number of thioether (sulfide) groups is 1. The van der Waals surface area contributed by atoms with E-state index in [0.29, 0.717) is 0 Å². The van der Waals surface area contributed by atoms with Crippen LogP contribution in [0.3, 0.4) is 0 Å². The lowest BCUT2D eigenvalue weighted by Crippen LogP contribution is -3.00. The zero-order valence-electron chi connectivity index (χ0n) is 12.5. The monoisotopic (exact) mass is 427 g/mol. The summed E-state index contributed by atoms with van der Waals surface area (Å²) in [5.74, 6) is 0.0509. The molecule has 0 heterocycles. The minimum Gasteiger partial charge on any atom is -1.00 e. The van der Waals surface area contributed by atoms with Crippen molar-refractivity contribution in [3.05, 3.63) is 34.4 Å². The van der Waals surface area contributed by atoms with Crippen LogP contribution in [0, 0.1) is 10.1 Å². The molecule has 0 radical (unpaired) electrons. The first kappa shape index (κ1) is 20.4. The lowest BCUT2D eigenvalue weighted by atomic mass is 10.3. The third kappa shape index (κ3) is 9.12. The smallest absolute Gasteiger partial charge is 0.322 e. The van der Waals surface area contributed by atoms with Crippen LogP contribution in [0.2, 0.25) is 0 Å². The van der Waals surface area contributed by atoms with Gasteiger partial charge in [-0.2, -0.15) is 0 Å². The van der Waals surface area contributed by atoms with Gasteiger partial charge in [-0.1, -0.05) is 6.07 Å². The Morgan fingerprint density at radius 3 is 2.67 bits per heavy atom. The Labute approximate surface area is 146 Å². The van der Waals surface area contributed by atoms with Gasteiger partial charge in [0.1, 0.15) is 0 Å². The van der Waals surface area contributed by atoms with Crippen LogP contribution in [-0.2, 0) is 0 Å². The predicted molar refractivity (Wildman–Crippen MR) is 81.6 cm³/mol. The Kier molecular flexibility index (Phi) is 9.18. The number of quaternary nitrogens is 1. The summed E-state index contributed by atoms with van der Waals surface area (Å²) in [6.45, 7) is 1.85. The van der Waals surface area contributed by atoms with Gasteiger partial charge in [-0.15, -0.1) is 11.8 Å². The highest BCUT2D eigenvalue weighted by Crippen LogP contribution is 2.22. The Morgan fingerprint density at radius 2 is 2.10 bits per heavy atom. The first-order chi connectivity index (χ1) is 9.28. The van der Waals surface area contributed by atoms with E-state index >= 15 is 0 Å². The van der Waals surface area contributed by atoms with Crippen molar-refractivity contribution >= 4 is 17.4 Å². The van der Waals surface area contributed by atoms with Gasteiger partial charge in [0.2, 0.25) is 0 Å². The van der Waals surface area contributed by atoms with Crippen LogP contribution in [0.5, 0.6) is 0 Å². The minimum absolute atomic E-state index is 0. The molecule has 0 aliphatic heterocycles. The Bertz CT molecular complexity index is 455. The van der Waals surface area contributed by atoms with Gasteiger partial charge in [-0.3, -0.25) is 10.1 Å². The maximum absolute atomic E-state index is 10.4. The van der Waals surface area contributed by atoms with Crippen LogP contribution in [0.4, 0.5) is 5.69 Å². The second-order valence-electron chi connectivity index (χ2n) is 5.55. The first-order valence-electron chi connectivity index (χ1n) is 6.37. The van der Waals surface area contributed by atoms with Crippen molar-refractivity contribution in [3.8, 4) is 0 Å². The molecule has 0 fully saturated rings. The van der Waals surface area contributed by atoms with Gasteiger partial charge < -0.3 is 38.9 Å². The fourth-order valence-corrected chi connectivity index (χ4v) is 2.31. The number of rotatable bonds is 8. The molecule has 2 N–H and O–H groups in total. The van der Waals surface area contributed by atoms with E-state index in [1.807, 2.05) is 24.3 Å². The molecule has 0 aromatic heterocycles. The van der Waals surface area contributed by atoms with Crippen LogP contribution < -0.4 is 29.3 Å². The maximum atomic E-state index is 10.4. The van der Waals surface area contributed by atoms with Gasteiger partial charge in [0.25, 0.3) is 0 Å². The van der Waals surface area contributed by atoms with E-state index in [0.717, 1.165) is 28.2 Å². The molecule has 0 aliphatic carbocycles. The number of nitrogens with one attached hydrogen (secondary N) is 1. The van der Waals surface area contributed by atoms with E-state index in [2.05, 4.69) is 26.5 Å². The van der Waals surface area contributed by atoms with Gasteiger partial charge in [0.15, 0.2) is 0 Å². The van der Waals surface area contributed by atoms with Crippen molar-refractivity contribution in [1.29, 1.82) is 0 Å². The number of hydrogen-bond donors (Lipinski definition) is 2. The minimum atomic E-state index is -1.52. The molecule has 1 atom stereocenters. The number of anilines is 1. The maximum Gasteiger partial charge on any atom is 0.322 e. The summed E-state index contributed by atoms with van der Waals surface area (Å²) in [6, 6.07) is 7.67. The molecule has 0 saturated heterocycles. The van der Waals surface area contributed by atoms with E-state index < -0.39 is 11.2 Å². The fourth-order valence-electron chi connectivity index (χ4n) is 1.46. The largest absolute Gasteiger partial charge is 1.00 e. The highest BCUT2D eigenvalue weighted by atomic mass is 127. The third-order valence-corrected chi connectivity index (χ3v) is 3.64. The van der Waals surface area contributed by atoms with Gasteiger partial charge in [0, 0.05) is 10.6 Å². The van der Waals surface area contributed by atoms with Gasteiger partial charge in [-0.25, -0.2) is 0 Å². The molecular weight excluding hydrogens is 405 g/mol. The molecule has 1 aromatic rings. The molecule has 1 unspecified atom stereocenters. The molecule has 0 bridgehead atoms. The highest BCUT2D eigenvalue weighted by molar-refractivity contribution is 7.99. The average Bonchev–Trinajstić information content (AvgIpc) is 2.34. The van der Waals surface area contributed by atoms with Crippen LogP contribution in [-0.4, -0.2) is 60.7 Å². The Balaban J connectivity index is 0.00000400. The fraction of sp³-hybridized carbons (Fsp3) is 0.538. The van der Waals surface area contributed by atoms with Gasteiger partial charge in [0.05, 0.1) is 44.9 Å². The second kappa shape index (κ2) is 9.44. The number of hydrogen-bond acceptors (Lipinski definition) is 5. The van der Waals surface area contributed by atoms with Crippen LogP contribution >= 0.6 is 11.8 Å². The number of halogens is 1. The van der Waals surface area contributed by atoms with Crippen molar-refractivity contribution in [2.24, 2.45) is 0 Å². The van der Waals surface area contributed by atoms with Gasteiger partial charge in [-0.05, 0) is 18.2 Å². The number of nitrogens with zero attached hydrogens (tertiary/aromatic N) is 2.